The van der Waals surface area contributed by atoms with Crippen molar-refractivity contribution in [2.24, 2.45) is 0 Å². The van der Waals surface area contributed by atoms with Crippen LogP contribution in [0.4, 0.5) is 0 Å². The standard InChI is InChI=1S/C16H26BNO3/c1-12(17-20-15(3,4)16(5,6)21-17)8-7-9-14-13(2)19-11-10-18-14/h7-8,18H,1,9-11H2,2-6H3/b8-7-. The molecule has 1 saturated heterocycles. The fraction of sp³-hybridized carbons (Fsp3) is 0.625. The van der Waals surface area contributed by atoms with Crippen molar-refractivity contribution in [1.82, 2.24) is 5.32 Å². The molecule has 0 aromatic rings. The summed E-state index contributed by atoms with van der Waals surface area (Å²) in [5.41, 5.74) is 1.31. The molecule has 1 fully saturated rings. The summed E-state index contributed by atoms with van der Waals surface area (Å²) in [6, 6.07) is 0. The van der Waals surface area contributed by atoms with Crippen molar-refractivity contribution in [2.45, 2.75) is 52.2 Å². The molecule has 21 heavy (non-hydrogen) atoms. The molecule has 0 aromatic carbocycles. The predicted octanol–water partition coefficient (Wildman–Crippen LogP) is 2.97. The molecule has 0 aromatic heterocycles. The molecule has 0 spiro atoms. The summed E-state index contributed by atoms with van der Waals surface area (Å²) in [7, 11) is -0.378. The van der Waals surface area contributed by atoms with Crippen LogP contribution in [0.1, 0.15) is 41.0 Å². The maximum absolute atomic E-state index is 5.96. The first-order chi connectivity index (χ1) is 9.73. The van der Waals surface area contributed by atoms with Gasteiger partial charge in [0.2, 0.25) is 0 Å². The molecule has 0 unspecified atom stereocenters. The summed E-state index contributed by atoms with van der Waals surface area (Å²) in [5, 5.41) is 3.35. The van der Waals surface area contributed by atoms with E-state index in [2.05, 4.69) is 18.0 Å². The van der Waals surface area contributed by atoms with Crippen molar-refractivity contribution >= 4 is 7.12 Å². The van der Waals surface area contributed by atoms with E-state index >= 15 is 0 Å². The Morgan fingerprint density at radius 1 is 1.29 bits per heavy atom. The number of hydrogen-bond acceptors (Lipinski definition) is 4. The van der Waals surface area contributed by atoms with E-state index in [1.165, 1.54) is 0 Å². The molecule has 0 saturated carbocycles. The topological polar surface area (TPSA) is 39.7 Å². The van der Waals surface area contributed by atoms with Crippen molar-refractivity contribution in [3.8, 4) is 0 Å². The quantitative estimate of drug-likeness (QED) is 0.638. The summed E-state index contributed by atoms with van der Waals surface area (Å²) >= 11 is 0. The van der Waals surface area contributed by atoms with Crippen molar-refractivity contribution in [3.05, 3.63) is 35.7 Å². The highest BCUT2D eigenvalue weighted by Crippen LogP contribution is 2.38. The molecule has 2 aliphatic rings. The van der Waals surface area contributed by atoms with E-state index < -0.39 is 0 Å². The molecule has 2 aliphatic heterocycles. The molecule has 0 aliphatic carbocycles. The minimum absolute atomic E-state index is 0.327. The molecule has 2 heterocycles. The number of ether oxygens (including phenoxy) is 1. The number of hydrogen-bond donors (Lipinski definition) is 1. The van der Waals surface area contributed by atoms with Crippen LogP contribution in [0.2, 0.25) is 0 Å². The zero-order valence-corrected chi connectivity index (χ0v) is 13.8. The van der Waals surface area contributed by atoms with Crippen molar-refractivity contribution in [2.75, 3.05) is 13.2 Å². The van der Waals surface area contributed by atoms with Crippen LogP contribution in [0, 0.1) is 0 Å². The van der Waals surface area contributed by atoms with Crippen LogP contribution in [0.3, 0.4) is 0 Å². The zero-order chi connectivity index (χ0) is 15.7. The monoisotopic (exact) mass is 291 g/mol. The maximum Gasteiger partial charge on any atom is 0.494 e. The Hall–Kier alpha value is -1.20. The van der Waals surface area contributed by atoms with Gasteiger partial charge in [0.15, 0.2) is 0 Å². The van der Waals surface area contributed by atoms with Crippen molar-refractivity contribution in [1.29, 1.82) is 0 Å². The predicted molar refractivity (Wildman–Crippen MR) is 85.6 cm³/mol. The van der Waals surface area contributed by atoms with Gasteiger partial charge in [0.1, 0.15) is 12.4 Å². The van der Waals surface area contributed by atoms with E-state index in [4.69, 9.17) is 14.0 Å². The highest BCUT2D eigenvalue weighted by Gasteiger charge is 2.51. The van der Waals surface area contributed by atoms with Gasteiger partial charge in [0.05, 0.1) is 16.9 Å². The lowest BCUT2D eigenvalue weighted by Crippen LogP contribution is -2.41. The van der Waals surface area contributed by atoms with Crippen LogP contribution in [0.25, 0.3) is 0 Å². The Balaban J connectivity index is 1.92. The Labute approximate surface area is 128 Å². The molecule has 0 amide bonds. The lowest BCUT2D eigenvalue weighted by Gasteiger charge is -2.32. The van der Waals surface area contributed by atoms with Crippen LogP contribution in [-0.2, 0) is 14.0 Å². The number of rotatable bonds is 4. The van der Waals surface area contributed by atoms with E-state index in [9.17, 15) is 0 Å². The van der Waals surface area contributed by atoms with E-state index in [0.717, 1.165) is 36.5 Å². The van der Waals surface area contributed by atoms with Crippen LogP contribution in [0.15, 0.2) is 35.7 Å². The third kappa shape index (κ3) is 3.53. The summed E-state index contributed by atoms with van der Waals surface area (Å²) < 4.78 is 17.4. The fourth-order valence-electron chi connectivity index (χ4n) is 2.23. The highest BCUT2D eigenvalue weighted by molar-refractivity contribution is 6.55. The molecule has 0 radical (unpaired) electrons. The maximum atomic E-state index is 5.96. The Bertz CT molecular complexity index is 464. The third-order valence-electron chi connectivity index (χ3n) is 4.39. The van der Waals surface area contributed by atoms with E-state index in [1.807, 2.05) is 40.7 Å². The SMILES string of the molecule is C=C(/C=C\CC1=C(C)OCCN1)B1OC(C)(C)C(C)(C)O1. The average Bonchev–Trinajstić information content (AvgIpc) is 2.61. The molecule has 0 atom stereocenters. The van der Waals surface area contributed by atoms with E-state index in [-0.39, 0.29) is 18.3 Å². The first-order valence-corrected chi connectivity index (χ1v) is 7.50. The molecular weight excluding hydrogens is 265 g/mol. The summed E-state index contributed by atoms with van der Waals surface area (Å²) in [6.45, 7) is 15.8. The summed E-state index contributed by atoms with van der Waals surface area (Å²) in [4.78, 5) is 0. The second kappa shape index (κ2) is 5.89. The van der Waals surface area contributed by atoms with Gasteiger partial charge in [-0.15, -0.1) is 0 Å². The third-order valence-corrected chi connectivity index (χ3v) is 4.39. The molecule has 5 heteroatoms. The van der Waals surface area contributed by atoms with E-state index in [1.54, 1.807) is 0 Å². The van der Waals surface area contributed by atoms with Gasteiger partial charge in [-0.05, 0) is 40.1 Å². The fourth-order valence-corrected chi connectivity index (χ4v) is 2.23. The second-order valence-corrected chi connectivity index (χ2v) is 6.58. The largest absolute Gasteiger partial charge is 0.495 e. The number of allylic oxidation sites excluding steroid dienone is 4. The summed E-state index contributed by atoms with van der Waals surface area (Å²) in [6.07, 6.45) is 4.83. The van der Waals surface area contributed by atoms with Crippen LogP contribution < -0.4 is 5.32 Å². The van der Waals surface area contributed by atoms with Gasteiger partial charge in [-0.3, -0.25) is 0 Å². The van der Waals surface area contributed by atoms with Crippen LogP contribution in [-0.4, -0.2) is 31.5 Å². The molecule has 1 N–H and O–H groups in total. The smallest absolute Gasteiger partial charge is 0.494 e. The molecule has 4 nitrogen and oxygen atoms in total. The van der Waals surface area contributed by atoms with Crippen LogP contribution >= 0.6 is 0 Å². The van der Waals surface area contributed by atoms with Gasteiger partial charge >= 0.3 is 7.12 Å². The van der Waals surface area contributed by atoms with Crippen molar-refractivity contribution in [3.63, 3.8) is 0 Å². The lowest BCUT2D eigenvalue weighted by molar-refractivity contribution is 0.00578. The average molecular weight is 291 g/mol. The van der Waals surface area contributed by atoms with Gasteiger partial charge in [0.25, 0.3) is 0 Å². The van der Waals surface area contributed by atoms with Gasteiger partial charge in [0, 0.05) is 13.0 Å². The van der Waals surface area contributed by atoms with Gasteiger partial charge in [-0.25, -0.2) is 0 Å². The minimum atomic E-state index is -0.378. The zero-order valence-electron chi connectivity index (χ0n) is 13.8. The van der Waals surface area contributed by atoms with Gasteiger partial charge in [-0.1, -0.05) is 18.7 Å². The van der Waals surface area contributed by atoms with Gasteiger partial charge in [-0.2, -0.15) is 0 Å². The Kier molecular flexibility index (Phi) is 4.54. The van der Waals surface area contributed by atoms with Crippen LogP contribution in [0.5, 0.6) is 0 Å². The number of nitrogens with one attached hydrogen (secondary N) is 1. The molecule has 116 valence electrons. The molecular formula is C16H26BNO3. The Morgan fingerprint density at radius 2 is 1.90 bits per heavy atom. The normalized spacial score (nSPS) is 24.1. The van der Waals surface area contributed by atoms with Crippen molar-refractivity contribution < 1.29 is 14.0 Å². The summed E-state index contributed by atoms with van der Waals surface area (Å²) in [5.74, 6) is 0.965. The first kappa shape index (κ1) is 16.2. The lowest BCUT2D eigenvalue weighted by atomic mass is 9.79. The molecule has 2 rings (SSSR count). The first-order valence-electron chi connectivity index (χ1n) is 7.50. The minimum Gasteiger partial charge on any atom is -0.495 e. The second-order valence-electron chi connectivity index (χ2n) is 6.58. The van der Waals surface area contributed by atoms with E-state index in [0.29, 0.717) is 0 Å². The Morgan fingerprint density at radius 3 is 2.48 bits per heavy atom. The van der Waals surface area contributed by atoms with Gasteiger partial charge < -0.3 is 19.4 Å². The molecule has 0 bridgehead atoms. The highest BCUT2D eigenvalue weighted by atomic mass is 16.7.